The zero-order valence-electron chi connectivity index (χ0n) is 21.3. The number of carbonyl (C=O) groups is 2. The van der Waals surface area contributed by atoms with Crippen molar-refractivity contribution in [3.8, 4) is 11.1 Å². The van der Waals surface area contributed by atoms with Crippen LogP contribution in [0.15, 0.2) is 42.5 Å². The van der Waals surface area contributed by atoms with Gasteiger partial charge in [-0.3, -0.25) is 4.79 Å². The van der Waals surface area contributed by atoms with Gasteiger partial charge in [0.15, 0.2) is 0 Å². The largest absolute Gasteiger partial charge is 1.00 e. The molecule has 0 bridgehead atoms. The number of ether oxygens (including phenoxy) is 1. The predicted molar refractivity (Wildman–Crippen MR) is 137 cm³/mol. The van der Waals surface area contributed by atoms with Crippen LogP contribution in [0.4, 0.5) is 0 Å². The Morgan fingerprint density at radius 3 is 2.54 bits per heavy atom. The van der Waals surface area contributed by atoms with Gasteiger partial charge in [-0.05, 0) is 72.1 Å². The van der Waals surface area contributed by atoms with Crippen LogP contribution >= 0.6 is 11.8 Å². The van der Waals surface area contributed by atoms with E-state index >= 15 is 0 Å². The minimum Gasteiger partial charge on any atom is -0.548 e. The van der Waals surface area contributed by atoms with E-state index in [-0.39, 0.29) is 18.9 Å². The summed E-state index contributed by atoms with van der Waals surface area (Å²) in [4.78, 5) is 24.7. The summed E-state index contributed by atoms with van der Waals surface area (Å²) in [5, 5.41) is 14.2. The second-order valence-corrected chi connectivity index (χ2v) is 10.2. The van der Waals surface area contributed by atoms with E-state index in [0.717, 1.165) is 41.2 Å². The summed E-state index contributed by atoms with van der Waals surface area (Å²) in [7, 11) is 0. The van der Waals surface area contributed by atoms with Crippen molar-refractivity contribution in [2.75, 3.05) is 18.6 Å². The number of nitrogens with one attached hydrogen (secondary N) is 1. The van der Waals surface area contributed by atoms with Gasteiger partial charge < -0.3 is 20.0 Å². The molecule has 184 valence electrons. The number of rotatable bonds is 12. The normalized spacial score (nSPS) is 14.7. The third-order valence-electron chi connectivity index (χ3n) is 6.63. The molecule has 35 heavy (non-hydrogen) atoms. The molecule has 3 rings (SSSR count). The molecular formula is C28H36LiNO4S. The number of carboxylic acids is 1. The minimum atomic E-state index is -1.26. The SMILES string of the molecule is CSCC[C@H](NC(=O)c1ccc(COCCC2CCCCC2)cc1-c1ccccc1C)C(=O)[O-].[Li+]. The molecule has 0 aliphatic heterocycles. The van der Waals surface area contributed by atoms with Gasteiger partial charge in [-0.25, -0.2) is 0 Å². The maximum atomic E-state index is 13.1. The summed E-state index contributed by atoms with van der Waals surface area (Å²) >= 11 is 1.54. The van der Waals surface area contributed by atoms with Gasteiger partial charge in [0.25, 0.3) is 5.91 Å². The Morgan fingerprint density at radius 1 is 1.11 bits per heavy atom. The predicted octanol–water partition coefficient (Wildman–Crippen LogP) is 1.75. The summed E-state index contributed by atoms with van der Waals surface area (Å²) in [6, 6.07) is 12.5. The summed E-state index contributed by atoms with van der Waals surface area (Å²) in [6.45, 7) is 3.24. The van der Waals surface area contributed by atoms with Crippen molar-refractivity contribution in [3.05, 3.63) is 59.2 Å². The molecule has 0 unspecified atom stereocenters. The number of amides is 1. The van der Waals surface area contributed by atoms with Crippen LogP contribution in [0, 0.1) is 12.8 Å². The van der Waals surface area contributed by atoms with Crippen molar-refractivity contribution < 1.29 is 38.3 Å². The molecule has 1 aliphatic rings. The molecule has 1 atom stereocenters. The van der Waals surface area contributed by atoms with Gasteiger partial charge in [0.1, 0.15) is 0 Å². The topological polar surface area (TPSA) is 78.5 Å². The number of aryl methyl sites for hydroxylation is 1. The van der Waals surface area contributed by atoms with Crippen LogP contribution in [-0.4, -0.2) is 36.5 Å². The summed E-state index contributed by atoms with van der Waals surface area (Å²) in [5.74, 6) is -0.257. The molecule has 1 amide bonds. The number of carboxylic acid groups (broad SMARTS) is 1. The van der Waals surface area contributed by atoms with Crippen molar-refractivity contribution in [1.29, 1.82) is 0 Å². The van der Waals surface area contributed by atoms with Crippen LogP contribution < -0.4 is 29.3 Å². The quantitative estimate of drug-likeness (QED) is 0.363. The third-order valence-corrected chi connectivity index (χ3v) is 7.27. The smallest absolute Gasteiger partial charge is 0.548 e. The maximum Gasteiger partial charge on any atom is 1.00 e. The Labute approximate surface area is 226 Å². The maximum absolute atomic E-state index is 13.1. The molecule has 0 saturated heterocycles. The van der Waals surface area contributed by atoms with Gasteiger partial charge in [-0.15, -0.1) is 0 Å². The van der Waals surface area contributed by atoms with Crippen LogP contribution in [0.3, 0.4) is 0 Å². The molecule has 0 aromatic heterocycles. The fourth-order valence-corrected chi connectivity index (χ4v) is 5.09. The van der Waals surface area contributed by atoms with Gasteiger partial charge in [-0.1, -0.05) is 62.4 Å². The monoisotopic (exact) mass is 489 g/mol. The van der Waals surface area contributed by atoms with E-state index in [1.807, 2.05) is 49.6 Å². The molecule has 1 saturated carbocycles. The summed E-state index contributed by atoms with van der Waals surface area (Å²) in [5.41, 5.74) is 4.23. The Bertz CT molecular complexity index is 962. The van der Waals surface area contributed by atoms with E-state index in [1.165, 1.54) is 43.9 Å². The van der Waals surface area contributed by atoms with Crippen molar-refractivity contribution in [3.63, 3.8) is 0 Å². The number of aliphatic carboxylic acids is 1. The molecular weight excluding hydrogens is 453 g/mol. The van der Waals surface area contributed by atoms with Crippen molar-refractivity contribution in [2.24, 2.45) is 5.92 Å². The fraction of sp³-hybridized carbons (Fsp3) is 0.500. The standard InChI is InChI=1S/C28H37NO4S.Li/c1-20-8-6-7-11-23(20)25-18-22(19-33-16-14-21-9-4-3-5-10-21)12-13-24(25)27(30)29-26(28(31)32)15-17-34-2;/h6-8,11-13,18,21,26H,3-5,9-10,14-17,19H2,1-2H3,(H,29,30)(H,31,32);/q;+1/p-1/t26-;/m0./s1. The zero-order chi connectivity index (χ0) is 24.3. The first-order valence-corrected chi connectivity index (χ1v) is 13.7. The molecule has 2 aromatic rings. The summed E-state index contributed by atoms with van der Waals surface area (Å²) in [6.07, 6.45) is 9.99. The number of carbonyl (C=O) groups excluding carboxylic acids is 2. The first-order valence-electron chi connectivity index (χ1n) is 12.3. The van der Waals surface area contributed by atoms with E-state index in [2.05, 4.69) is 5.32 Å². The van der Waals surface area contributed by atoms with E-state index in [4.69, 9.17) is 4.74 Å². The Balaban J connectivity index is 0.00000432. The number of hydrogen-bond donors (Lipinski definition) is 1. The average Bonchev–Trinajstić information content (AvgIpc) is 2.85. The van der Waals surface area contributed by atoms with Gasteiger partial charge in [0.05, 0.1) is 18.6 Å². The fourth-order valence-electron chi connectivity index (χ4n) is 4.61. The van der Waals surface area contributed by atoms with Gasteiger partial charge in [0, 0.05) is 12.2 Å². The Morgan fingerprint density at radius 2 is 1.86 bits per heavy atom. The second kappa shape index (κ2) is 15.4. The molecule has 5 nitrogen and oxygen atoms in total. The molecule has 1 fully saturated rings. The van der Waals surface area contributed by atoms with E-state index in [0.29, 0.717) is 24.3 Å². The Hall–Kier alpha value is -1.71. The third kappa shape index (κ3) is 9.02. The number of benzene rings is 2. The van der Waals surface area contributed by atoms with Crippen LogP contribution in [0.25, 0.3) is 11.1 Å². The average molecular weight is 490 g/mol. The summed E-state index contributed by atoms with van der Waals surface area (Å²) < 4.78 is 6.00. The first-order chi connectivity index (χ1) is 16.5. The number of hydrogen-bond acceptors (Lipinski definition) is 5. The number of thioether (sulfide) groups is 1. The molecule has 1 N–H and O–H groups in total. The second-order valence-electron chi connectivity index (χ2n) is 9.17. The van der Waals surface area contributed by atoms with Crippen LogP contribution in [0.5, 0.6) is 0 Å². The van der Waals surface area contributed by atoms with Crippen molar-refractivity contribution in [2.45, 2.75) is 64.5 Å². The Kier molecular flexibility index (Phi) is 13.0. The minimum absolute atomic E-state index is 0. The van der Waals surface area contributed by atoms with Crippen LogP contribution in [0.2, 0.25) is 0 Å². The van der Waals surface area contributed by atoms with Gasteiger partial charge in [0.2, 0.25) is 0 Å². The van der Waals surface area contributed by atoms with Crippen molar-refractivity contribution in [1.82, 2.24) is 5.32 Å². The van der Waals surface area contributed by atoms with E-state index in [9.17, 15) is 14.7 Å². The van der Waals surface area contributed by atoms with Gasteiger partial charge in [-0.2, -0.15) is 11.8 Å². The van der Waals surface area contributed by atoms with E-state index < -0.39 is 17.9 Å². The van der Waals surface area contributed by atoms with Crippen molar-refractivity contribution >= 4 is 23.6 Å². The van der Waals surface area contributed by atoms with E-state index in [1.54, 1.807) is 6.07 Å². The molecule has 0 heterocycles. The molecule has 0 radical (unpaired) electrons. The first kappa shape index (κ1) is 29.5. The van der Waals surface area contributed by atoms with Crippen LogP contribution in [0.1, 0.15) is 66.4 Å². The molecule has 1 aliphatic carbocycles. The van der Waals surface area contributed by atoms with Gasteiger partial charge >= 0.3 is 18.9 Å². The molecule has 2 aromatic carbocycles. The molecule has 7 heteroatoms. The van der Waals surface area contributed by atoms with Crippen LogP contribution in [-0.2, 0) is 16.1 Å². The zero-order valence-corrected chi connectivity index (χ0v) is 22.1. The molecule has 0 spiro atoms.